The van der Waals surface area contributed by atoms with E-state index in [-0.39, 0.29) is 10.9 Å². The van der Waals surface area contributed by atoms with Crippen LogP contribution < -0.4 is 0 Å². The summed E-state index contributed by atoms with van der Waals surface area (Å²) < 4.78 is 14.3. The lowest BCUT2D eigenvalue weighted by Crippen LogP contribution is -2.01. The largest absolute Gasteiger partial charge is 0.215 e. The molecule has 0 spiro atoms. The first kappa shape index (κ1) is 10.4. The van der Waals surface area contributed by atoms with Gasteiger partial charge in [0.25, 0.3) is 0 Å². The number of hydrogen-bond acceptors (Lipinski definition) is 2. The van der Waals surface area contributed by atoms with E-state index in [0.717, 1.165) is 0 Å². The zero-order valence-electron chi connectivity index (χ0n) is 7.49. The summed E-state index contributed by atoms with van der Waals surface area (Å²) in [5, 5.41) is 7.80. The van der Waals surface area contributed by atoms with E-state index in [9.17, 15) is 4.39 Å². The van der Waals surface area contributed by atoms with Gasteiger partial charge >= 0.3 is 0 Å². The average Bonchev–Trinajstić information content (AvgIpc) is 2.65. The fraction of sp³-hybridized carbons (Fsp3) is 0.111. The van der Waals surface area contributed by atoms with Crippen LogP contribution in [0.25, 0.3) is 5.69 Å². The van der Waals surface area contributed by atoms with Crippen LogP contribution in [0.4, 0.5) is 4.39 Å². The molecule has 0 bridgehead atoms. The third-order valence-corrected chi connectivity index (χ3v) is 2.47. The predicted molar refractivity (Wildman–Crippen MR) is 55.9 cm³/mol. The monoisotopic (exact) mass is 245 g/mol. The molecule has 0 atom stereocenters. The fourth-order valence-electron chi connectivity index (χ4n) is 1.20. The van der Waals surface area contributed by atoms with E-state index in [4.69, 9.17) is 23.2 Å². The van der Waals surface area contributed by atoms with Crippen LogP contribution in [0.3, 0.4) is 0 Å². The Bertz CT molecular complexity index is 484. The van der Waals surface area contributed by atoms with Crippen LogP contribution in [-0.4, -0.2) is 15.0 Å². The van der Waals surface area contributed by atoms with E-state index in [1.54, 1.807) is 0 Å². The molecule has 0 N–H and O–H groups in total. The summed E-state index contributed by atoms with van der Waals surface area (Å²) >= 11 is 11.6. The van der Waals surface area contributed by atoms with Crippen molar-refractivity contribution in [1.29, 1.82) is 0 Å². The summed E-state index contributed by atoms with van der Waals surface area (Å²) in [5.41, 5.74) is 1.26. The van der Waals surface area contributed by atoms with E-state index >= 15 is 0 Å². The first-order valence-corrected chi connectivity index (χ1v) is 5.04. The van der Waals surface area contributed by atoms with E-state index < -0.39 is 5.82 Å². The molecule has 0 amide bonds. The van der Waals surface area contributed by atoms with Gasteiger partial charge in [-0.25, -0.2) is 9.07 Å². The second-order valence-corrected chi connectivity index (χ2v) is 3.54. The number of nitrogens with zero attached hydrogens (tertiary/aromatic N) is 3. The van der Waals surface area contributed by atoms with Crippen molar-refractivity contribution in [2.24, 2.45) is 0 Å². The van der Waals surface area contributed by atoms with E-state index in [1.165, 1.54) is 29.1 Å². The lowest BCUT2D eigenvalue weighted by molar-refractivity contribution is 0.626. The molecule has 3 nitrogen and oxygen atoms in total. The Hall–Kier alpha value is -1.13. The minimum Gasteiger partial charge on any atom is -0.215 e. The van der Waals surface area contributed by atoms with Gasteiger partial charge in [0.15, 0.2) is 0 Å². The molecule has 2 rings (SSSR count). The van der Waals surface area contributed by atoms with Crippen LogP contribution in [0.5, 0.6) is 0 Å². The molecule has 0 fully saturated rings. The third-order valence-electron chi connectivity index (χ3n) is 1.89. The van der Waals surface area contributed by atoms with Crippen molar-refractivity contribution in [3.8, 4) is 5.69 Å². The van der Waals surface area contributed by atoms with Gasteiger partial charge in [-0.05, 0) is 18.2 Å². The Morgan fingerprint density at radius 1 is 1.40 bits per heavy atom. The fourth-order valence-corrected chi connectivity index (χ4v) is 1.63. The van der Waals surface area contributed by atoms with Gasteiger partial charge in [-0.2, -0.15) is 0 Å². The second-order valence-electron chi connectivity index (χ2n) is 2.87. The zero-order chi connectivity index (χ0) is 10.8. The second kappa shape index (κ2) is 4.16. The SMILES string of the molecule is Fc1ccc(-n2nncc2CCl)c(Cl)c1. The molecule has 1 aromatic heterocycles. The first-order valence-electron chi connectivity index (χ1n) is 4.13. The Kier molecular flexibility index (Phi) is 2.88. The Morgan fingerprint density at radius 2 is 2.20 bits per heavy atom. The minimum atomic E-state index is -0.392. The zero-order valence-corrected chi connectivity index (χ0v) is 9.00. The third kappa shape index (κ3) is 1.96. The number of benzene rings is 1. The minimum absolute atomic E-state index is 0.265. The molecular formula is C9H6Cl2FN3. The van der Waals surface area contributed by atoms with Gasteiger partial charge in [0.1, 0.15) is 5.82 Å². The highest BCUT2D eigenvalue weighted by Crippen LogP contribution is 2.22. The molecule has 0 unspecified atom stereocenters. The lowest BCUT2D eigenvalue weighted by atomic mass is 10.3. The van der Waals surface area contributed by atoms with Gasteiger partial charge < -0.3 is 0 Å². The molecule has 1 aromatic carbocycles. The molecule has 15 heavy (non-hydrogen) atoms. The predicted octanol–water partition coefficient (Wildman–Crippen LogP) is 2.80. The number of rotatable bonds is 2. The summed E-state index contributed by atoms with van der Waals surface area (Å²) in [6.45, 7) is 0. The van der Waals surface area contributed by atoms with Crippen LogP contribution in [0, 0.1) is 5.82 Å². The summed E-state index contributed by atoms with van der Waals surface area (Å²) in [6.07, 6.45) is 1.53. The van der Waals surface area contributed by atoms with Gasteiger partial charge in [0, 0.05) is 0 Å². The Labute approximate surface area is 95.4 Å². The van der Waals surface area contributed by atoms with E-state index in [1.807, 2.05) is 0 Å². The van der Waals surface area contributed by atoms with Crippen molar-refractivity contribution in [3.63, 3.8) is 0 Å². The standard InChI is InChI=1S/C9H6Cl2FN3/c10-4-7-5-13-14-15(7)9-2-1-6(12)3-8(9)11/h1-3,5H,4H2. The average molecular weight is 246 g/mol. The molecule has 0 saturated heterocycles. The van der Waals surface area contributed by atoms with Crippen LogP contribution in [0.2, 0.25) is 5.02 Å². The smallest absolute Gasteiger partial charge is 0.124 e. The quantitative estimate of drug-likeness (QED) is 0.763. The molecule has 0 radical (unpaired) electrons. The molecule has 2 aromatic rings. The van der Waals surface area contributed by atoms with Gasteiger partial charge in [-0.3, -0.25) is 0 Å². The van der Waals surface area contributed by atoms with Crippen molar-refractivity contribution in [3.05, 3.63) is 40.9 Å². The lowest BCUT2D eigenvalue weighted by Gasteiger charge is -2.05. The molecule has 0 aliphatic heterocycles. The normalized spacial score (nSPS) is 10.6. The highest BCUT2D eigenvalue weighted by molar-refractivity contribution is 6.32. The number of alkyl halides is 1. The summed E-state index contributed by atoms with van der Waals surface area (Å²) in [4.78, 5) is 0. The number of halogens is 3. The molecule has 0 aliphatic carbocycles. The first-order chi connectivity index (χ1) is 7.22. The topological polar surface area (TPSA) is 30.7 Å². The summed E-state index contributed by atoms with van der Waals surface area (Å²) in [6, 6.07) is 4.06. The highest BCUT2D eigenvalue weighted by atomic mass is 35.5. The van der Waals surface area contributed by atoms with Gasteiger partial charge in [0.05, 0.1) is 28.5 Å². The van der Waals surface area contributed by atoms with Crippen LogP contribution in [-0.2, 0) is 5.88 Å². The van der Waals surface area contributed by atoms with Gasteiger partial charge in [-0.15, -0.1) is 16.7 Å². The van der Waals surface area contributed by atoms with E-state index in [2.05, 4.69) is 10.3 Å². The van der Waals surface area contributed by atoms with Crippen LogP contribution in [0.15, 0.2) is 24.4 Å². The van der Waals surface area contributed by atoms with Crippen molar-refractivity contribution in [2.75, 3.05) is 0 Å². The summed E-state index contributed by atoms with van der Waals surface area (Å²) in [5.74, 6) is -0.128. The molecule has 0 saturated carbocycles. The van der Waals surface area contributed by atoms with Gasteiger partial charge in [-0.1, -0.05) is 16.8 Å². The van der Waals surface area contributed by atoms with Crippen molar-refractivity contribution in [2.45, 2.75) is 5.88 Å². The molecular weight excluding hydrogens is 240 g/mol. The number of aromatic nitrogens is 3. The maximum atomic E-state index is 12.8. The van der Waals surface area contributed by atoms with Gasteiger partial charge in [0.2, 0.25) is 0 Å². The van der Waals surface area contributed by atoms with Crippen molar-refractivity contribution >= 4 is 23.2 Å². The molecule has 0 aliphatic rings. The number of hydrogen-bond donors (Lipinski definition) is 0. The molecule has 1 heterocycles. The highest BCUT2D eigenvalue weighted by Gasteiger charge is 2.09. The summed E-state index contributed by atoms with van der Waals surface area (Å²) in [7, 11) is 0. The maximum Gasteiger partial charge on any atom is 0.124 e. The van der Waals surface area contributed by atoms with Crippen LogP contribution >= 0.6 is 23.2 Å². The maximum absolute atomic E-state index is 12.8. The van der Waals surface area contributed by atoms with Crippen molar-refractivity contribution in [1.82, 2.24) is 15.0 Å². The molecule has 6 heteroatoms. The van der Waals surface area contributed by atoms with Crippen molar-refractivity contribution < 1.29 is 4.39 Å². The Balaban J connectivity index is 2.54. The van der Waals surface area contributed by atoms with Crippen LogP contribution in [0.1, 0.15) is 5.69 Å². The Morgan fingerprint density at radius 3 is 2.87 bits per heavy atom. The van der Waals surface area contributed by atoms with E-state index in [0.29, 0.717) is 11.4 Å². The molecule has 78 valence electrons.